The van der Waals surface area contributed by atoms with Crippen molar-refractivity contribution in [3.8, 4) is 0 Å². The molecule has 4 N–H and O–H groups in total. The van der Waals surface area contributed by atoms with E-state index in [2.05, 4.69) is 10.3 Å². The maximum atomic E-state index is 11.3. The smallest absolute Gasteiger partial charge is 0.404 e. The predicted molar refractivity (Wildman–Crippen MR) is 94.2 cm³/mol. The number of carboxylic acid groups (broad SMARTS) is 1. The Hall–Kier alpha value is -1.87. The summed E-state index contributed by atoms with van der Waals surface area (Å²) < 4.78 is 28.3. The lowest BCUT2D eigenvalue weighted by atomic mass is 9.74. The highest BCUT2D eigenvalue weighted by Crippen LogP contribution is 2.39. The van der Waals surface area contributed by atoms with Gasteiger partial charge in [0.2, 0.25) is 0 Å². The minimum absolute atomic E-state index is 0.0442. The first-order valence-electron chi connectivity index (χ1n) is 8.15. The molecule has 0 radical (unpaired) electrons. The molecule has 0 aliphatic heterocycles. The van der Waals surface area contributed by atoms with Crippen LogP contribution in [0.25, 0.3) is 0 Å². The van der Waals surface area contributed by atoms with Gasteiger partial charge in [-0.05, 0) is 36.3 Å². The summed E-state index contributed by atoms with van der Waals surface area (Å²) in [7, 11) is -3.13. The van der Waals surface area contributed by atoms with Crippen molar-refractivity contribution in [3.05, 3.63) is 24.0 Å². The van der Waals surface area contributed by atoms with E-state index < -0.39 is 22.0 Å². The van der Waals surface area contributed by atoms with E-state index in [0.717, 1.165) is 18.2 Å². The topological polar surface area (TPSA) is 132 Å². The molecule has 4 atom stereocenters. The van der Waals surface area contributed by atoms with E-state index in [1.54, 1.807) is 12.4 Å². The molecule has 1 aliphatic rings. The molecule has 0 aromatic carbocycles. The normalized spacial score (nSPS) is 27.0. The molecule has 1 amide bonds. The number of nitrogens with two attached hydrogens (primary N) is 1. The Morgan fingerprint density at radius 3 is 2.80 bits per heavy atom. The number of sulfone groups is 1. The standard InChI is InChI=1S/C16H25N3O5S/c1-10-7-11(12-3-4-18-9-13(12)17)8-14(19-16(20)21)15(10)24-5-6-25(2,22)23/h3-4,9-11,14-15,19H,5-8,17H2,1-2H3,(H,20,21)/t10-,11-,14+,15+/m0/s1. The van der Waals surface area contributed by atoms with Crippen LogP contribution in [0.15, 0.2) is 18.5 Å². The van der Waals surface area contributed by atoms with Crippen LogP contribution in [0.5, 0.6) is 0 Å². The van der Waals surface area contributed by atoms with Gasteiger partial charge in [-0.25, -0.2) is 13.2 Å². The van der Waals surface area contributed by atoms with Crippen molar-refractivity contribution in [1.29, 1.82) is 0 Å². The molecule has 1 aromatic heterocycles. The predicted octanol–water partition coefficient (Wildman–Crippen LogP) is 1.24. The van der Waals surface area contributed by atoms with E-state index in [1.807, 2.05) is 13.0 Å². The largest absolute Gasteiger partial charge is 0.465 e. The van der Waals surface area contributed by atoms with Crippen molar-refractivity contribution in [3.63, 3.8) is 0 Å². The van der Waals surface area contributed by atoms with E-state index in [1.165, 1.54) is 0 Å². The number of hydrogen-bond donors (Lipinski definition) is 3. The fourth-order valence-corrected chi connectivity index (χ4v) is 3.87. The van der Waals surface area contributed by atoms with Crippen molar-refractivity contribution in [2.24, 2.45) is 5.92 Å². The highest BCUT2D eigenvalue weighted by Gasteiger charge is 2.38. The number of hydrogen-bond acceptors (Lipinski definition) is 6. The summed E-state index contributed by atoms with van der Waals surface area (Å²) in [5, 5.41) is 11.7. The van der Waals surface area contributed by atoms with Crippen LogP contribution in [-0.4, -0.2) is 55.4 Å². The third kappa shape index (κ3) is 5.57. The van der Waals surface area contributed by atoms with Crippen LogP contribution in [0.3, 0.4) is 0 Å². The molecule has 0 spiro atoms. The Morgan fingerprint density at radius 1 is 1.48 bits per heavy atom. The van der Waals surface area contributed by atoms with Gasteiger partial charge in [-0.1, -0.05) is 6.92 Å². The number of amides is 1. The van der Waals surface area contributed by atoms with Gasteiger partial charge in [-0.2, -0.15) is 0 Å². The first-order chi connectivity index (χ1) is 11.7. The van der Waals surface area contributed by atoms with Crippen molar-refractivity contribution in [2.75, 3.05) is 24.3 Å². The average Bonchev–Trinajstić information content (AvgIpc) is 2.48. The first kappa shape index (κ1) is 19.5. The molecule has 2 rings (SSSR count). The summed E-state index contributed by atoms with van der Waals surface area (Å²) in [5.41, 5.74) is 7.55. The molecule has 0 bridgehead atoms. The van der Waals surface area contributed by atoms with Gasteiger partial charge in [0.25, 0.3) is 0 Å². The number of carbonyl (C=O) groups is 1. The lowest BCUT2D eigenvalue weighted by Gasteiger charge is -2.40. The maximum Gasteiger partial charge on any atom is 0.404 e. The second-order valence-corrected chi connectivity index (χ2v) is 8.93. The first-order valence-corrected chi connectivity index (χ1v) is 10.2. The lowest BCUT2D eigenvalue weighted by molar-refractivity contribution is -0.0237. The van der Waals surface area contributed by atoms with Gasteiger partial charge in [0.15, 0.2) is 0 Å². The van der Waals surface area contributed by atoms with Crippen LogP contribution in [0.2, 0.25) is 0 Å². The zero-order chi connectivity index (χ0) is 18.6. The van der Waals surface area contributed by atoms with Crippen molar-refractivity contribution >= 4 is 21.6 Å². The van der Waals surface area contributed by atoms with E-state index in [9.17, 15) is 13.2 Å². The molecule has 1 saturated carbocycles. The van der Waals surface area contributed by atoms with Crippen molar-refractivity contribution < 1.29 is 23.1 Å². The van der Waals surface area contributed by atoms with Gasteiger partial charge in [0.1, 0.15) is 9.84 Å². The second kappa shape index (κ2) is 8.01. The third-order valence-corrected chi connectivity index (χ3v) is 5.46. The zero-order valence-electron chi connectivity index (χ0n) is 14.4. The number of ether oxygens (including phenoxy) is 1. The molecule has 0 saturated heterocycles. The highest BCUT2D eigenvalue weighted by atomic mass is 32.2. The SMILES string of the molecule is C[C@H]1C[C@H](c2ccncc2N)C[C@@H](NC(=O)O)[C@@H]1OCCS(C)(=O)=O. The monoisotopic (exact) mass is 371 g/mol. The average molecular weight is 371 g/mol. The third-order valence-electron chi connectivity index (χ3n) is 4.55. The minimum Gasteiger partial charge on any atom is -0.465 e. The number of nitrogen functional groups attached to an aromatic ring is 1. The van der Waals surface area contributed by atoms with Gasteiger partial charge in [-0.15, -0.1) is 0 Å². The summed E-state index contributed by atoms with van der Waals surface area (Å²) in [6.07, 6.45) is 4.22. The van der Waals surface area contributed by atoms with E-state index >= 15 is 0 Å². The minimum atomic E-state index is -3.13. The molecule has 1 aliphatic carbocycles. The Balaban J connectivity index is 2.13. The molecule has 140 valence electrons. The molecule has 9 heteroatoms. The molecule has 25 heavy (non-hydrogen) atoms. The molecular weight excluding hydrogens is 346 g/mol. The maximum absolute atomic E-state index is 11.3. The number of anilines is 1. The Labute approximate surface area is 147 Å². The Bertz CT molecular complexity index is 709. The summed E-state index contributed by atoms with van der Waals surface area (Å²) >= 11 is 0. The zero-order valence-corrected chi connectivity index (χ0v) is 15.2. The van der Waals surface area contributed by atoms with Crippen LogP contribution < -0.4 is 11.1 Å². The van der Waals surface area contributed by atoms with Crippen molar-refractivity contribution in [2.45, 2.75) is 37.8 Å². The number of nitrogens with zero attached hydrogens (tertiary/aromatic N) is 1. The summed E-state index contributed by atoms with van der Waals surface area (Å²) in [4.78, 5) is 15.2. The number of rotatable bonds is 6. The number of pyridine rings is 1. The summed E-state index contributed by atoms with van der Waals surface area (Å²) in [6.45, 7) is 2.03. The van der Waals surface area contributed by atoms with Crippen LogP contribution in [0.4, 0.5) is 10.5 Å². The number of nitrogens with one attached hydrogen (secondary N) is 1. The van der Waals surface area contributed by atoms with Gasteiger partial charge in [-0.3, -0.25) is 4.98 Å². The molecule has 1 heterocycles. The highest BCUT2D eigenvalue weighted by molar-refractivity contribution is 7.90. The van der Waals surface area contributed by atoms with E-state index in [0.29, 0.717) is 12.1 Å². The van der Waals surface area contributed by atoms with Gasteiger partial charge < -0.3 is 20.9 Å². The van der Waals surface area contributed by atoms with Crippen LogP contribution >= 0.6 is 0 Å². The molecule has 0 unspecified atom stereocenters. The van der Waals surface area contributed by atoms with Crippen molar-refractivity contribution in [1.82, 2.24) is 10.3 Å². The fourth-order valence-electron chi connectivity index (χ4n) is 3.48. The van der Waals surface area contributed by atoms with Gasteiger partial charge >= 0.3 is 6.09 Å². The Morgan fingerprint density at radius 2 is 2.20 bits per heavy atom. The van der Waals surface area contributed by atoms with E-state index in [4.69, 9.17) is 15.6 Å². The lowest BCUT2D eigenvalue weighted by Crippen LogP contribution is -2.51. The number of aromatic nitrogens is 1. The second-order valence-electron chi connectivity index (χ2n) is 6.67. The Kier molecular flexibility index (Phi) is 6.23. The van der Waals surface area contributed by atoms with Gasteiger partial charge in [0.05, 0.1) is 36.4 Å². The fraction of sp³-hybridized carbons (Fsp3) is 0.625. The molecule has 1 aromatic rings. The summed E-state index contributed by atoms with van der Waals surface area (Å²) in [6, 6.07) is 1.42. The van der Waals surface area contributed by atoms with E-state index in [-0.39, 0.29) is 30.3 Å². The molecule has 1 fully saturated rings. The molecule has 8 nitrogen and oxygen atoms in total. The summed E-state index contributed by atoms with van der Waals surface area (Å²) in [5.74, 6) is 0.0452. The molecular formula is C16H25N3O5S. The quantitative estimate of drug-likeness (QED) is 0.685. The van der Waals surface area contributed by atoms with Gasteiger partial charge in [0, 0.05) is 12.5 Å². The van der Waals surface area contributed by atoms with Crippen LogP contribution in [0, 0.1) is 5.92 Å². The van der Waals surface area contributed by atoms with Crippen LogP contribution in [-0.2, 0) is 14.6 Å². The van der Waals surface area contributed by atoms with Crippen LogP contribution in [0.1, 0.15) is 31.2 Å².